The van der Waals surface area contributed by atoms with Gasteiger partial charge in [-0.1, -0.05) is 40.9 Å². The van der Waals surface area contributed by atoms with Crippen molar-refractivity contribution in [3.05, 3.63) is 63.1 Å². The molecule has 0 unspecified atom stereocenters. The molecule has 0 spiro atoms. The van der Waals surface area contributed by atoms with Gasteiger partial charge in [0.1, 0.15) is 30.8 Å². The van der Waals surface area contributed by atoms with E-state index >= 15 is 0 Å². The van der Waals surface area contributed by atoms with Gasteiger partial charge in [-0.3, -0.25) is 4.79 Å². The molecule has 1 saturated heterocycles. The maximum absolute atomic E-state index is 11.5. The molecule has 2 aromatic rings. The number of halogens is 3. The van der Waals surface area contributed by atoms with Gasteiger partial charge in [0.05, 0.1) is 17.5 Å². The van der Waals surface area contributed by atoms with Crippen LogP contribution in [0, 0.1) is 0 Å². The molecule has 1 heterocycles. The third kappa shape index (κ3) is 6.54. The average molecular weight is 458 g/mol. The SMILES string of the molecule is O=C1C[C@H](O)C[C@@H](/C=C/c2c(Cl)cc(Cl)cc2OCCOc2ccc(Cl)cc2)O1. The first-order valence-electron chi connectivity index (χ1n) is 8.96. The average Bonchev–Trinajstić information content (AvgIpc) is 2.65. The summed E-state index contributed by atoms with van der Waals surface area (Å²) < 4.78 is 16.6. The van der Waals surface area contributed by atoms with E-state index in [2.05, 4.69) is 0 Å². The molecule has 0 radical (unpaired) electrons. The molecule has 1 N–H and O–H groups in total. The third-order valence-corrected chi connectivity index (χ3v) is 4.93. The number of carbonyl (C=O) groups excluding carboxylic acids is 1. The number of cyclic esters (lactones) is 1. The van der Waals surface area contributed by atoms with Crippen molar-refractivity contribution >= 4 is 46.8 Å². The van der Waals surface area contributed by atoms with Gasteiger partial charge in [-0.2, -0.15) is 0 Å². The van der Waals surface area contributed by atoms with Crippen LogP contribution in [0.2, 0.25) is 15.1 Å². The molecule has 2 aromatic carbocycles. The molecule has 1 aliphatic rings. The summed E-state index contributed by atoms with van der Waals surface area (Å²) in [6, 6.07) is 10.3. The Hall–Kier alpha value is -1.92. The molecule has 0 saturated carbocycles. The summed E-state index contributed by atoms with van der Waals surface area (Å²) in [6.07, 6.45) is 2.47. The third-order valence-electron chi connectivity index (χ3n) is 4.15. The first-order valence-corrected chi connectivity index (χ1v) is 10.1. The number of hydrogen-bond acceptors (Lipinski definition) is 5. The Kier molecular flexibility index (Phi) is 7.67. The van der Waals surface area contributed by atoms with Gasteiger partial charge in [0, 0.05) is 22.0 Å². The van der Waals surface area contributed by atoms with Crippen molar-refractivity contribution in [3.8, 4) is 11.5 Å². The summed E-state index contributed by atoms with van der Waals surface area (Å²) in [4.78, 5) is 11.5. The van der Waals surface area contributed by atoms with Crippen molar-refractivity contribution in [1.29, 1.82) is 0 Å². The lowest BCUT2D eigenvalue weighted by Crippen LogP contribution is -2.31. The van der Waals surface area contributed by atoms with Gasteiger partial charge in [-0.15, -0.1) is 0 Å². The first kappa shape index (κ1) is 21.8. The summed E-state index contributed by atoms with van der Waals surface area (Å²) in [5.41, 5.74) is 0.596. The highest BCUT2D eigenvalue weighted by atomic mass is 35.5. The molecule has 3 rings (SSSR count). The van der Waals surface area contributed by atoms with Crippen molar-refractivity contribution in [3.63, 3.8) is 0 Å². The molecule has 0 amide bonds. The van der Waals surface area contributed by atoms with E-state index in [1.807, 2.05) is 0 Å². The fourth-order valence-corrected chi connectivity index (χ4v) is 3.48. The zero-order valence-corrected chi connectivity index (χ0v) is 17.6. The highest BCUT2D eigenvalue weighted by Crippen LogP contribution is 2.33. The van der Waals surface area contributed by atoms with Crippen molar-refractivity contribution in [2.45, 2.75) is 25.0 Å². The van der Waals surface area contributed by atoms with Crippen LogP contribution in [0.25, 0.3) is 6.08 Å². The Balaban J connectivity index is 1.64. The highest BCUT2D eigenvalue weighted by molar-refractivity contribution is 6.36. The predicted molar refractivity (Wildman–Crippen MR) is 113 cm³/mol. The van der Waals surface area contributed by atoms with Crippen LogP contribution in [0.3, 0.4) is 0 Å². The van der Waals surface area contributed by atoms with Gasteiger partial charge in [0.15, 0.2) is 0 Å². The maximum Gasteiger partial charge on any atom is 0.309 e. The van der Waals surface area contributed by atoms with Gasteiger partial charge in [-0.25, -0.2) is 0 Å². The Bertz CT molecular complexity index is 883. The number of ether oxygens (including phenoxy) is 3. The Labute approximate surface area is 183 Å². The second kappa shape index (κ2) is 10.2. The summed E-state index contributed by atoms with van der Waals surface area (Å²) in [5, 5.41) is 11.2. The lowest BCUT2D eigenvalue weighted by Gasteiger charge is -2.23. The topological polar surface area (TPSA) is 65.0 Å². The molecule has 5 nitrogen and oxygen atoms in total. The van der Waals surface area contributed by atoms with Crippen LogP contribution in [0.1, 0.15) is 18.4 Å². The van der Waals surface area contributed by atoms with E-state index in [1.54, 1.807) is 48.6 Å². The molecular formula is C21H19Cl3O5. The molecule has 0 bridgehead atoms. The van der Waals surface area contributed by atoms with E-state index in [4.69, 9.17) is 49.0 Å². The second-order valence-corrected chi connectivity index (χ2v) is 7.71. The molecule has 29 heavy (non-hydrogen) atoms. The predicted octanol–water partition coefficient (Wildman–Crippen LogP) is 5.18. The van der Waals surface area contributed by atoms with Gasteiger partial charge in [0.25, 0.3) is 0 Å². The number of rotatable bonds is 7. The quantitative estimate of drug-likeness (QED) is 0.458. The minimum Gasteiger partial charge on any atom is -0.490 e. The molecule has 1 aliphatic heterocycles. The number of aliphatic hydroxyl groups is 1. The number of esters is 1. The van der Waals surface area contributed by atoms with E-state index < -0.39 is 18.2 Å². The van der Waals surface area contributed by atoms with E-state index in [9.17, 15) is 9.90 Å². The van der Waals surface area contributed by atoms with Crippen LogP contribution < -0.4 is 9.47 Å². The lowest BCUT2D eigenvalue weighted by molar-refractivity contribution is -0.156. The van der Waals surface area contributed by atoms with Crippen molar-refractivity contribution in [2.75, 3.05) is 13.2 Å². The monoisotopic (exact) mass is 456 g/mol. The summed E-state index contributed by atoms with van der Waals surface area (Å²) in [7, 11) is 0. The number of carbonyl (C=O) groups is 1. The molecule has 1 fully saturated rings. The van der Waals surface area contributed by atoms with Gasteiger partial charge < -0.3 is 19.3 Å². The fraction of sp³-hybridized carbons (Fsp3) is 0.286. The maximum atomic E-state index is 11.5. The zero-order chi connectivity index (χ0) is 20.8. The Morgan fingerprint density at radius 1 is 1.07 bits per heavy atom. The van der Waals surface area contributed by atoms with Gasteiger partial charge >= 0.3 is 5.97 Å². The van der Waals surface area contributed by atoms with Gasteiger partial charge in [-0.05, 0) is 42.5 Å². The van der Waals surface area contributed by atoms with Crippen molar-refractivity contribution in [1.82, 2.24) is 0 Å². The second-order valence-electron chi connectivity index (χ2n) is 6.43. The van der Waals surface area contributed by atoms with Crippen LogP contribution in [-0.4, -0.2) is 36.5 Å². The van der Waals surface area contributed by atoms with Crippen molar-refractivity contribution in [2.24, 2.45) is 0 Å². The molecule has 0 aliphatic carbocycles. The Morgan fingerprint density at radius 2 is 1.79 bits per heavy atom. The fourth-order valence-electron chi connectivity index (χ4n) is 2.81. The lowest BCUT2D eigenvalue weighted by atomic mass is 10.0. The highest BCUT2D eigenvalue weighted by Gasteiger charge is 2.25. The molecule has 0 aromatic heterocycles. The minimum atomic E-state index is -0.715. The van der Waals surface area contributed by atoms with Crippen molar-refractivity contribution < 1.29 is 24.1 Å². The molecular weight excluding hydrogens is 439 g/mol. The molecule has 154 valence electrons. The van der Waals surface area contributed by atoms with E-state index in [1.165, 1.54) is 0 Å². The largest absolute Gasteiger partial charge is 0.490 e. The zero-order valence-electron chi connectivity index (χ0n) is 15.3. The van der Waals surface area contributed by atoms with Crippen LogP contribution >= 0.6 is 34.8 Å². The van der Waals surface area contributed by atoms with Gasteiger partial charge in [0.2, 0.25) is 0 Å². The van der Waals surface area contributed by atoms with Crippen LogP contribution in [0.4, 0.5) is 0 Å². The normalized spacial score (nSPS) is 19.2. The summed E-state index contributed by atoms with van der Waals surface area (Å²) in [5.74, 6) is 0.720. The number of aliphatic hydroxyl groups excluding tert-OH is 1. The van der Waals surface area contributed by atoms with E-state index in [0.29, 0.717) is 45.2 Å². The molecule has 8 heteroatoms. The Morgan fingerprint density at radius 3 is 2.52 bits per heavy atom. The summed E-state index contributed by atoms with van der Waals surface area (Å²) in [6.45, 7) is 0.568. The van der Waals surface area contributed by atoms with Crippen LogP contribution in [-0.2, 0) is 9.53 Å². The van der Waals surface area contributed by atoms with Crippen LogP contribution in [0.5, 0.6) is 11.5 Å². The smallest absolute Gasteiger partial charge is 0.309 e. The molecule has 2 atom stereocenters. The number of benzene rings is 2. The summed E-state index contributed by atoms with van der Waals surface area (Å²) >= 11 is 18.3. The van der Waals surface area contributed by atoms with E-state index in [-0.39, 0.29) is 13.0 Å². The number of hydrogen-bond donors (Lipinski definition) is 1. The minimum absolute atomic E-state index is 0.00796. The first-order chi connectivity index (χ1) is 13.9. The van der Waals surface area contributed by atoms with E-state index in [0.717, 1.165) is 0 Å². The van der Waals surface area contributed by atoms with Crippen LogP contribution in [0.15, 0.2) is 42.5 Å². The standard InChI is InChI=1S/C21H19Cl3O5/c22-13-1-3-16(4-2-13)27-7-8-28-20-10-14(23)9-19(24)18(20)6-5-17-11-15(25)12-21(26)29-17/h1-6,9-10,15,17,25H,7-8,11-12H2/b6-5+/t15-,17-/m1/s1.